The average Bonchev–Trinajstić information content (AvgIpc) is 3.18. The second kappa shape index (κ2) is 8.41. The summed E-state index contributed by atoms with van der Waals surface area (Å²) < 4.78 is 48.8. The van der Waals surface area contributed by atoms with Gasteiger partial charge in [0.25, 0.3) is 0 Å². The Morgan fingerprint density at radius 1 is 1.16 bits per heavy atom. The molecule has 4 rings (SSSR count). The zero-order valence-corrected chi connectivity index (χ0v) is 16.7. The number of nitrogens with zero attached hydrogens (tertiary/aromatic N) is 2. The Balaban J connectivity index is 1.41. The van der Waals surface area contributed by atoms with Crippen LogP contribution in [0, 0.1) is 12.8 Å². The Labute approximate surface area is 176 Å². The third-order valence-electron chi connectivity index (χ3n) is 5.26. The molecule has 0 bridgehead atoms. The highest BCUT2D eigenvalue weighted by atomic mass is 19.4. The summed E-state index contributed by atoms with van der Waals surface area (Å²) >= 11 is 0. The van der Waals surface area contributed by atoms with Gasteiger partial charge >= 0.3 is 12.1 Å². The van der Waals surface area contributed by atoms with Gasteiger partial charge in [-0.25, -0.2) is 4.98 Å². The lowest BCUT2D eigenvalue weighted by atomic mass is 9.86. The van der Waals surface area contributed by atoms with Gasteiger partial charge < -0.3 is 14.5 Å². The van der Waals surface area contributed by atoms with Crippen LogP contribution in [0.2, 0.25) is 0 Å². The number of hydrogen-bond donors (Lipinski definition) is 1. The van der Waals surface area contributed by atoms with Crippen LogP contribution in [-0.2, 0) is 15.7 Å². The number of carbonyl (C=O) groups excluding carboxylic acids is 1. The van der Waals surface area contributed by atoms with Gasteiger partial charge in [0.15, 0.2) is 0 Å². The van der Waals surface area contributed by atoms with Crippen molar-refractivity contribution < 1.29 is 27.4 Å². The lowest BCUT2D eigenvalue weighted by molar-refractivity contribution is -0.158. The summed E-state index contributed by atoms with van der Waals surface area (Å²) in [6.45, 7) is 1.75. The molecule has 0 atom stereocenters. The van der Waals surface area contributed by atoms with Crippen LogP contribution in [0.1, 0.15) is 30.5 Å². The topological polar surface area (TPSA) is 77.1 Å². The maximum atomic E-state index is 12.7. The highest BCUT2D eigenvalue weighted by molar-refractivity contribution is 5.73. The fourth-order valence-corrected chi connectivity index (χ4v) is 3.24. The van der Waals surface area contributed by atoms with E-state index in [-0.39, 0.29) is 24.5 Å². The smallest absolute Gasteiger partial charge is 0.432 e. The van der Waals surface area contributed by atoms with Crippen molar-refractivity contribution in [3.05, 3.63) is 54.0 Å². The molecule has 0 saturated heterocycles. The SMILES string of the molecule is Cc1cc(OCOC(=O)C2CCC2)ccc1-c1ccc(-c2ncc(C(F)(F)F)[nH]2)cn1. The first-order chi connectivity index (χ1) is 14.8. The number of imidazole rings is 1. The van der Waals surface area contributed by atoms with Crippen LogP contribution in [0.4, 0.5) is 13.2 Å². The minimum Gasteiger partial charge on any atom is -0.457 e. The quantitative estimate of drug-likeness (QED) is 0.432. The van der Waals surface area contributed by atoms with Crippen molar-refractivity contribution in [2.75, 3.05) is 6.79 Å². The number of aromatic amines is 1. The summed E-state index contributed by atoms with van der Waals surface area (Å²) in [5.41, 5.74) is 1.94. The predicted octanol–water partition coefficient (Wildman–Crippen LogP) is 5.15. The summed E-state index contributed by atoms with van der Waals surface area (Å²) in [4.78, 5) is 22.1. The molecule has 1 N–H and O–H groups in total. The molecule has 1 aliphatic carbocycles. The lowest BCUT2D eigenvalue weighted by Crippen LogP contribution is -2.25. The van der Waals surface area contributed by atoms with Crippen LogP contribution in [0.5, 0.6) is 5.75 Å². The number of hydrogen-bond acceptors (Lipinski definition) is 5. The summed E-state index contributed by atoms with van der Waals surface area (Å²) in [6.07, 6.45) is 0.568. The Morgan fingerprint density at radius 2 is 1.97 bits per heavy atom. The molecule has 1 fully saturated rings. The average molecular weight is 431 g/mol. The van der Waals surface area contributed by atoms with Crippen LogP contribution in [0.3, 0.4) is 0 Å². The standard InChI is InChI=1S/C22H20F3N3O3/c1-13-9-16(30-12-31-21(29)14-3-2-4-14)6-7-17(13)18-8-5-15(10-26-18)20-27-11-19(28-20)22(23,24)25/h5-11,14H,2-4,12H2,1H3,(H,27,28). The molecule has 1 saturated carbocycles. The van der Waals surface area contributed by atoms with E-state index in [0.29, 0.717) is 17.0 Å². The van der Waals surface area contributed by atoms with E-state index in [1.165, 1.54) is 6.20 Å². The van der Waals surface area contributed by atoms with Crippen molar-refractivity contribution in [1.29, 1.82) is 0 Å². The zero-order valence-electron chi connectivity index (χ0n) is 16.7. The number of halogens is 3. The second-order valence-corrected chi connectivity index (χ2v) is 7.41. The Hall–Kier alpha value is -3.36. The van der Waals surface area contributed by atoms with Crippen molar-refractivity contribution >= 4 is 5.97 Å². The van der Waals surface area contributed by atoms with Gasteiger partial charge in [-0.05, 0) is 55.7 Å². The molecule has 1 aliphatic rings. The normalized spacial score (nSPS) is 14.2. The third-order valence-corrected chi connectivity index (χ3v) is 5.26. The molecule has 0 radical (unpaired) electrons. The Bertz CT molecular complexity index is 1070. The van der Waals surface area contributed by atoms with Crippen LogP contribution in [-0.4, -0.2) is 27.7 Å². The van der Waals surface area contributed by atoms with E-state index in [2.05, 4.69) is 15.0 Å². The van der Waals surface area contributed by atoms with E-state index in [4.69, 9.17) is 9.47 Å². The van der Waals surface area contributed by atoms with Gasteiger partial charge in [0.05, 0.1) is 17.8 Å². The molecule has 0 aliphatic heterocycles. The number of aryl methyl sites for hydroxylation is 1. The van der Waals surface area contributed by atoms with Gasteiger partial charge in [0, 0.05) is 17.3 Å². The van der Waals surface area contributed by atoms with E-state index < -0.39 is 11.9 Å². The van der Waals surface area contributed by atoms with Crippen molar-refractivity contribution in [2.24, 2.45) is 5.92 Å². The van der Waals surface area contributed by atoms with Crippen LogP contribution in [0.15, 0.2) is 42.7 Å². The molecule has 0 spiro atoms. The van der Waals surface area contributed by atoms with E-state index in [9.17, 15) is 18.0 Å². The number of alkyl halides is 3. The highest BCUT2D eigenvalue weighted by Gasteiger charge is 2.33. The van der Waals surface area contributed by atoms with E-state index >= 15 is 0 Å². The van der Waals surface area contributed by atoms with Crippen molar-refractivity contribution in [3.63, 3.8) is 0 Å². The molecule has 3 aromatic rings. The minimum atomic E-state index is -4.48. The third kappa shape index (κ3) is 4.70. The van der Waals surface area contributed by atoms with E-state index in [1.54, 1.807) is 18.2 Å². The molecule has 162 valence electrons. The predicted molar refractivity (Wildman–Crippen MR) is 106 cm³/mol. The molecule has 1 aromatic carbocycles. The molecule has 9 heteroatoms. The summed E-state index contributed by atoms with van der Waals surface area (Å²) in [6, 6.07) is 8.76. The molecule has 2 aromatic heterocycles. The van der Waals surface area contributed by atoms with Gasteiger partial charge in [0.1, 0.15) is 17.3 Å². The maximum absolute atomic E-state index is 12.7. The Morgan fingerprint density at radius 3 is 2.55 bits per heavy atom. The number of H-pyrrole nitrogens is 1. The molecule has 31 heavy (non-hydrogen) atoms. The monoisotopic (exact) mass is 431 g/mol. The highest BCUT2D eigenvalue weighted by Crippen LogP contribution is 2.31. The summed E-state index contributed by atoms with van der Waals surface area (Å²) in [5, 5.41) is 0. The Kier molecular flexibility index (Phi) is 5.67. The zero-order chi connectivity index (χ0) is 22.0. The first kappa shape index (κ1) is 20.9. The van der Waals surface area contributed by atoms with Crippen LogP contribution in [0.25, 0.3) is 22.6 Å². The molecule has 0 amide bonds. The number of ether oxygens (including phenoxy) is 2. The van der Waals surface area contributed by atoms with Crippen molar-refractivity contribution in [3.8, 4) is 28.4 Å². The minimum absolute atomic E-state index is 0.00277. The molecule has 2 heterocycles. The number of benzene rings is 1. The van der Waals surface area contributed by atoms with Crippen molar-refractivity contribution in [2.45, 2.75) is 32.4 Å². The molecule has 6 nitrogen and oxygen atoms in total. The number of pyridine rings is 1. The van der Waals surface area contributed by atoms with Gasteiger partial charge in [0.2, 0.25) is 6.79 Å². The first-order valence-electron chi connectivity index (χ1n) is 9.80. The summed E-state index contributed by atoms with van der Waals surface area (Å²) in [7, 11) is 0. The van der Waals surface area contributed by atoms with E-state index in [0.717, 1.165) is 36.6 Å². The van der Waals surface area contributed by atoms with Gasteiger partial charge in [-0.1, -0.05) is 6.42 Å². The largest absolute Gasteiger partial charge is 0.457 e. The number of rotatable bonds is 6. The van der Waals surface area contributed by atoms with Gasteiger partial charge in [-0.3, -0.25) is 9.78 Å². The molecular weight excluding hydrogens is 411 g/mol. The number of carbonyl (C=O) groups is 1. The maximum Gasteiger partial charge on any atom is 0.432 e. The number of nitrogens with one attached hydrogen (secondary N) is 1. The first-order valence-corrected chi connectivity index (χ1v) is 9.80. The number of esters is 1. The second-order valence-electron chi connectivity index (χ2n) is 7.41. The van der Waals surface area contributed by atoms with E-state index in [1.807, 2.05) is 19.1 Å². The lowest BCUT2D eigenvalue weighted by Gasteiger charge is -2.23. The summed E-state index contributed by atoms with van der Waals surface area (Å²) in [5.74, 6) is 0.448. The number of aromatic nitrogens is 3. The molecular formula is C22H20F3N3O3. The molecule has 0 unspecified atom stereocenters. The van der Waals surface area contributed by atoms with Crippen LogP contribution >= 0.6 is 0 Å². The van der Waals surface area contributed by atoms with Gasteiger partial charge in [-0.2, -0.15) is 13.2 Å². The fourth-order valence-electron chi connectivity index (χ4n) is 3.24. The van der Waals surface area contributed by atoms with Crippen LogP contribution < -0.4 is 4.74 Å². The fraction of sp³-hybridized carbons (Fsp3) is 0.318. The van der Waals surface area contributed by atoms with Gasteiger partial charge in [-0.15, -0.1) is 0 Å². The van der Waals surface area contributed by atoms with Crippen molar-refractivity contribution in [1.82, 2.24) is 15.0 Å².